The van der Waals surface area contributed by atoms with Gasteiger partial charge in [-0.15, -0.1) is 11.3 Å². The van der Waals surface area contributed by atoms with E-state index < -0.39 is 0 Å². The first-order valence-corrected chi connectivity index (χ1v) is 6.69. The number of carbonyl (C=O) groups excluding carboxylic acids is 1. The molecule has 1 aromatic heterocycles. The van der Waals surface area contributed by atoms with Gasteiger partial charge in [0.05, 0.1) is 0 Å². The summed E-state index contributed by atoms with van der Waals surface area (Å²) in [5.41, 5.74) is 2.51. The van der Waals surface area contributed by atoms with Crippen LogP contribution in [-0.2, 0) is 11.2 Å². The van der Waals surface area contributed by atoms with Gasteiger partial charge in [-0.1, -0.05) is 12.1 Å². The smallest absolute Gasteiger partial charge is 0.163 e. The minimum absolute atomic E-state index is 0.141. The van der Waals surface area contributed by atoms with Gasteiger partial charge in [-0.05, 0) is 47.2 Å². The van der Waals surface area contributed by atoms with Gasteiger partial charge in [0.2, 0.25) is 0 Å². The fourth-order valence-corrected chi connectivity index (χ4v) is 2.90. The monoisotopic (exact) mass is 258 g/mol. The van der Waals surface area contributed by atoms with Crippen molar-refractivity contribution in [1.29, 1.82) is 0 Å². The summed E-state index contributed by atoms with van der Waals surface area (Å²) in [6, 6.07) is 8.59. The number of benzene rings is 1. The molecule has 0 radical (unpaired) electrons. The Morgan fingerprint density at radius 2 is 2.11 bits per heavy atom. The molecular formula is C15H11FOS. The van der Waals surface area contributed by atoms with E-state index in [0.29, 0.717) is 18.4 Å². The minimum Gasteiger partial charge on any atom is -0.294 e. The number of thiophene rings is 1. The number of halogens is 1. The molecule has 0 spiro atoms. The zero-order valence-corrected chi connectivity index (χ0v) is 10.5. The van der Waals surface area contributed by atoms with E-state index in [1.165, 1.54) is 12.1 Å². The van der Waals surface area contributed by atoms with E-state index in [-0.39, 0.29) is 11.6 Å². The molecule has 18 heavy (non-hydrogen) atoms. The van der Waals surface area contributed by atoms with Crippen LogP contribution in [0, 0.1) is 5.82 Å². The SMILES string of the molecule is O=C1CCc2cc(F)ccc2C1=Cc1cccs1. The van der Waals surface area contributed by atoms with Crippen LogP contribution in [0.2, 0.25) is 0 Å². The molecule has 0 saturated carbocycles. The molecule has 1 aliphatic rings. The Balaban J connectivity index is 2.13. The Bertz CT molecular complexity index is 626. The summed E-state index contributed by atoms with van der Waals surface area (Å²) in [4.78, 5) is 13.1. The highest BCUT2D eigenvalue weighted by Gasteiger charge is 2.21. The van der Waals surface area contributed by atoms with Crippen LogP contribution in [0.25, 0.3) is 11.6 Å². The summed E-state index contributed by atoms with van der Waals surface area (Å²) >= 11 is 1.59. The van der Waals surface area contributed by atoms with E-state index in [1.54, 1.807) is 17.4 Å². The van der Waals surface area contributed by atoms with Gasteiger partial charge in [-0.3, -0.25) is 4.79 Å². The molecule has 90 valence electrons. The second-order valence-electron chi connectivity index (χ2n) is 4.30. The first kappa shape index (κ1) is 11.4. The lowest BCUT2D eigenvalue weighted by atomic mass is 9.86. The lowest BCUT2D eigenvalue weighted by Crippen LogP contribution is -2.12. The van der Waals surface area contributed by atoms with Crippen molar-refractivity contribution in [3.63, 3.8) is 0 Å². The van der Waals surface area contributed by atoms with Crippen molar-refractivity contribution in [2.45, 2.75) is 12.8 Å². The molecule has 1 nitrogen and oxygen atoms in total. The number of aryl methyl sites for hydroxylation is 1. The molecule has 1 aromatic carbocycles. The van der Waals surface area contributed by atoms with E-state index in [2.05, 4.69) is 0 Å². The van der Waals surface area contributed by atoms with Gasteiger partial charge < -0.3 is 0 Å². The number of carbonyl (C=O) groups is 1. The van der Waals surface area contributed by atoms with Crippen LogP contribution in [0.4, 0.5) is 4.39 Å². The fourth-order valence-electron chi connectivity index (χ4n) is 2.24. The highest BCUT2D eigenvalue weighted by atomic mass is 32.1. The van der Waals surface area contributed by atoms with Crippen LogP contribution in [0.5, 0.6) is 0 Å². The molecule has 0 saturated heterocycles. The number of Topliss-reactive ketones (excluding diaryl/α,β-unsaturated/α-hetero) is 1. The first-order valence-electron chi connectivity index (χ1n) is 5.81. The number of ketones is 1. The van der Waals surface area contributed by atoms with E-state index >= 15 is 0 Å². The Labute approximate surface area is 109 Å². The van der Waals surface area contributed by atoms with Gasteiger partial charge >= 0.3 is 0 Å². The summed E-state index contributed by atoms with van der Waals surface area (Å²) in [6.45, 7) is 0. The lowest BCUT2D eigenvalue weighted by molar-refractivity contribution is -0.113. The second kappa shape index (κ2) is 4.50. The largest absolute Gasteiger partial charge is 0.294 e. The first-order chi connectivity index (χ1) is 8.74. The molecule has 3 rings (SSSR count). The van der Waals surface area contributed by atoms with Gasteiger partial charge in [0.25, 0.3) is 0 Å². The number of hydrogen-bond acceptors (Lipinski definition) is 2. The van der Waals surface area contributed by atoms with E-state index in [0.717, 1.165) is 16.0 Å². The zero-order chi connectivity index (χ0) is 12.5. The third-order valence-corrected chi connectivity index (χ3v) is 3.93. The molecule has 0 atom stereocenters. The predicted molar refractivity (Wildman–Crippen MR) is 71.9 cm³/mol. The molecule has 0 fully saturated rings. The summed E-state index contributed by atoms with van der Waals surface area (Å²) in [5.74, 6) is -0.0962. The van der Waals surface area contributed by atoms with Crippen LogP contribution in [0.1, 0.15) is 22.4 Å². The molecular weight excluding hydrogens is 247 g/mol. The van der Waals surface area contributed by atoms with Gasteiger partial charge in [0.1, 0.15) is 5.82 Å². The third-order valence-electron chi connectivity index (χ3n) is 3.11. The van der Waals surface area contributed by atoms with Crippen LogP contribution in [0.15, 0.2) is 35.7 Å². The highest BCUT2D eigenvalue weighted by molar-refractivity contribution is 7.11. The topological polar surface area (TPSA) is 17.1 Å². The number of hydrogen-bond donors (Lipinski definition) is 0. The quantitative estimate of drug-likeness (QED) is 0.708. The molecule has 0 unspecified atom stereocenters. The standard InChI is InChI=1S/C15H11FOS/c16-11-4-5-13-10(8-11)3-6-15(17)14(13)9-12-2-1-7-18-12/h1-2,4-5,7-9H,3,6H2. The Morgan fingerprint density at radius 3 is 2.89 bits per heavy atom. The predicted octanol–water partition coefficient (Wildman–Crippen LogP) is 3.94. The number of allylic oxidation sites excluding steroid dienone is 1. The average Bonchev–Trinajstić information content (AvgIpc) is 2.86. The molecule has 0 N–H and O–H groups in total. The van der Waals surface area contributed by atoms with Crippen LogP contribution in [-0.4, -0.2) is 5.78 Å². The molecule has 1 aliphatic carbocycles. The van der Waals surface area contributed by atoms with E-state index in [1.807, 2.05) is 23.6 Å². The van der Waals surface area contributed by atoms with E-state index in [9.17, 15) is 9.18 Å². The average molecular weight is 258 g/mol. The maximum Gasteiger partial charge on any atom is 0.163 e. The summed E-state index contributed by atoms with van der Waals surface area (Å²) in [6.07, 6.45) is 3.00. The van der Waals surface area contributed by atoms with Crippen molar-refractivity contribution in [3.8, 4) is 0 Å². The number of fused-ring (bicyclic) bond motifs is 1. The van der Waals surface area contributed by atoms with Crippen LogP contribution >= 0.6 is 11.3 Å². The maximum atomic E-state index is 13.2. The van der Waals surface area contributed by atoms with Crippen molar-refractivity contribution in [3.05, 3.63) is 57.5 Å². The second-order valence-corrected chi connectivity index (χ2v) is 5.28. The summed E-state index contributed by atoms with van der Waals surface area (Å²) in [5, 5.41) is 1.98. The van der Waals surface area contributed by atoms with Crippen LogP contribution in [0.3, 0.4) is 0 Å². The van der Waals surface area contributed by atoms with Gasteiger partial charge in [-0.2, -0.15) is 0 Å². The van der Waals surface area contributed by atoms with Crippen molar-refractivity contribution < 1.29 is 9.18 Å². The Kier molecular flexibility index (Phi) is 2.84. The van der Waals surface area contributed by atoms with Gasteiger partial charge in [0, 0.05) is 16.9 Å². The van der Waals surface area contributed by atoms with Crippen molar-refractivity contribution >= 4 is 28.8 Å². The van der Waals surface area contributed by atoms with Crippen molar-refractivity contribution in [2.24, 2.45) is 0 Å². The molecule has 0 bridgehead atoms. The normalized spacial score (nSPS) is 16.9. The highest BCUT2D eigenvalue weighted by Crippen LogP contribution is 2.31. The van der Waals surface area contributed by atoms with Crippen molar-refractivity contribution in [2.75, 3.05) is 0 Å². The molecule has 0 amide bonds. The fraction of sp³-hybridized carbons (Fsp3) is 0.133. The maximum absolute atomic E-state index is 13.2. The molecule has 3 heteroatoms. The molecule has 1 heterocycles. The van der Waals surface area contributed by atoms with Crippen molar-refractivity contribution in [1.82, 2.24) is 0 Å². The van der Waals surface area contributed by atoms with Gasteiger partial charge in [0.15, 0.2) is 5.78 Å². The summed E-state index contributed by atoms with van der Waals surface area (Å²) in [7, 11) is 0. The number of rotatable bonds is 1. The minimum atomic E-state index is -0.237. The molecule has 0 aliphatic heterocycles. The summed E-state index contributed by atoms with van der Waals surface area (Å²) < 4.78 is 13.2. The molecule has 2 aromatic rings. The third kappa shape index (κ3) is 2.02. The zero-order valence-electron chi connectivity index (χ0n) is 9.65. The lowest BCUT2D eigenvalue weighted by Gasteiger charge is -2.17. The van der Waals surface area contributed by atoms with Crippen LogP contribution < -0.4 is 0 Å². The van der Waals surface area contributed by atoms with E-state index in [4.69, 9.17) is 0 Å². The van der Waals surface area contributed by atoms with Gasteiger partial charge in [-0.25, -0.2) is 4.39 Å². The Morgan fingerprint density at radius 1 is 1.22 bits per heavy atom. The Hall–Kier alpha value is -1.74.